The number of rotatable bonds is 10. The zero-order valence-electron chi connectivity index (χ0n) is 25.2. The van der Waals surface area contributed by atoms with Crippen LogP contribution in [0.5, 0.6) is 5.75 Å². The normalized spacial score (nSPS) is 33.5. The van der Waals surface area contributed by atoms with E-state index in [1.807, 2.05) is 30.3 Å². The van der Waals surface area contributed by atoms with E-state index >= 15 is 0 Å². The molecule has 0 aliphatic heterocycles. The van der Waals surface area contributed by atoms with Gasteiger partial charge in [-0.3, -0.25) is 19.2 Å². The van der Waals surface area contributed by atoms with Crippen LogP contribution in [0.15, 0.2) is 35.9 Å². The van der Waals surface area contributed by atoms with Crippen LogP contribution >= 0.6 is 0 Å². The van der Waals surface area contributed by atoms with E-state index in [1.165, 1.54) is 5.57 Å². The van der Waals surface area contributed by atoms with E-state index in [2.05, 4.69) is 19.2 Å². The largest absolute Gasteiger partial charge is 0.497 e. The van der Waals surface area contributed by atoms with E-state index in [-0.39, 0.29) is 35.9 Å². The fourth-order valence-electron chi connectivity index (χ4n) is 8.81. The number of hydrogen-bond donors (Lipinski definition) is 2. The lowest BCUT2D eigenvalue weighted by Crippen LogP contribution is -2.58. The average molecular weight is 580 g/mol. The van der Waals surface area contributed by atoms with Crippen LogP contribution in [-0.2, 0) is 30.3 Å². The van der Waals surface area contributed by atoms with Gasteiger partial charge in [-0.05, 0) is 98.3 Å². The van der Waals surface area contributed by atoms with Gasteiger partial charge in [0.05, 0.1) is 13.5 Å². The molecule has 0 aromatic heterocycles. The molecule has 3 saturated carbocycles. The summed E-state index contributed by atoms with van der Waals surface area (Å²) in [6.07, 6.45) is 8.60. The highest BCUT2D eigenvalue weighted by Crippen LogP contribution is 2.67. The van der Waals surface area contributed by atoms with E-state index < -0.39 is 29.4 Å². The van der Waals surface area contributed by atoms with Gasteiger partial charge in [-0.2, -0.15) is 0 Å². The van der Waals surface area contributed by atoms with Crippen molar-refractivity contribution in [1.82, 2.24) is 5.32 Å². The molecule has 0 heterocycles. The summed E-state index contributed by atoms with van der Waals surface area (Å²) in [6, 6.07) is 7.61. The number of aliphatic hydroxyl groups is 1. The number of ether oxygens (including phenoxy) is 2. The molecule has 1 amide bonds. The summed E-state index contributed by atoms with van der Waals surface area (Å²) >= 11 is 0. The van der Waals surface area contributed by atoms with Crippen LogP contribution in [0.25, 0.3) is 0 Å². The Bertz CT molecular complexity index is 1250. The minimum Gasteiger partial charge on any atom is -0.497 e. The van der Waals surface area contributed by atoms with Crippen LogP contribution < -0.4 is 10.1 Å². The molecule has 3 fully saturated rings. The first-order valence-corrected chi connectivity index (χ1v) is 15.5. The molecule has 0 radical (unpaired) electrons. The average Bonchev–Trinajstić information content (AvgIpc) is 3.26. The third-order valence-electron chi connectivity index (χ3n) is 11.4. The highest BCUT2D eigenvalue weighted by Gasteiger charge is 2.66. The molecule has 0 spiro atoms. The molecule has 8 heteroatoms. The highest BCUT2D eigenvalue weighted by atomic mass is 16.5. The molecule has 5 rings (SSSR count). The molecular formula is C34H45NO7. The summed E-state index contributed by atoms with van der Waals surface area (Å²) < 4.78 is 10.4. The molecule has 8 nitrogen and oxygen atoms in total. The number of Topliss-reactive ketones (excluding diaryl/α,β-unsaturated/α-hetero) is 1. The van der Waals surface area contributed by atoms with Gasteiger partial charge >= 0.3 is 5.97 Å². The highest BCUT2D eigenvalue weighted by molar-refractivity contribution is 5.92. The summed E-state index contributed by atoms with van der Waals surface area (Å²) in [6.45, 7) is 4.34. The van der Waals surface area contributed by atoms with Crippen molar-refractivity contribution in [3.63, 3.8) is 0 Å². The molecule has 0 bridgehead atoms. The van der Waals surface area contributed by atoms with Gasteiger partial charge in [0.15, 0.2) is 12.4 Å². The number of carbonyl (C=O) groups is 4. The van der Waals surface area contributed by atoms with Crippen molar-refractivity contribution in [1.29, 1.82) is 0 Å². The Balaban J connectivity index is 1.09. The molecule has 4 aliphatic rings. The zero-order valence-corrected chi connectivity index (χ0v) is 25.2. The van der Waals surface area contributed by atoms with Gasteiger partial charge < -0.3 is 19.9 Å². The Kier molecular flexibility index (Phi) is 8.66. The number of hydrogen-bond acceptors (Lipinski definition) is 7. The lowest BCUT2D eigenvalue weighted by Gasteiger charge is -2.58. The second-order valence-electron chi connectivity index (χ2n) is 13.4. The predicted octanol–water partition coefficient (Wildman–Crippen LogP) is 4.51. The van der Waals surface area contributed by atoms with Crippen molar-refractivity contribution in [2.45, 2.75) is 90.1 Å². The first-order valence-electron chi connectivity index (χ1n) is 15.5. The maximum absolute atomic E-state index is 13.4. The SMILES string of the molecule is COc1ccc(CCNC(=O)CCC(=O)OCC(=O)[C@@]2(O)CC[C@@H]3[C@H]4CCC5=CC(=O)CC[C@]5(C)[C@@H]4CC[C@@]32C)cc1. The first kappa shape index (κ1) is 30.5. The number of ketones is 2. The van der Waals surface area contributed by atoms with E-state index in [1.54, 1.807) is 7.11 Å². The van der Waals surface area contributed by atoms with Crippen molar-refractivity contribution < 1.29 is 33.8 Å². The lowest BCUT2D eigenvalue weighted by molar-refractivity contribution is -0.170. The molecule has 0 saturated heterocycles. The van der Waals surface area contributed by atoms with Crippen LogP contribution in [0.3, 0.4) is 0 Å². The molecule has 42 heavy (non-hydrogen) atoms. The molecule has 6 atom stereocenters. The van der Waals surface area contributed by atoms with Gasteiger partial charge in [0, 0.05) is 24.8 Å². The van der Waals surface area contributed by atoms with E-state index in [0.29, 0.717) is 37.6 Å². The van der Waals surface area contributed by atoms with Gasteiger partial charge in [-0.25, -0.2) is 0 Å². The van der Waals surface area contributed by atoms with Crippen molar-refractivity contribution in [2.75, 3.05) is 20.3 Å². The smallest absolute Gasteiger partial charge is 0.306 e. The summed E-state index contributed by atoms with van der Waals surface area (Å²) in [7, 11) is 1.61. The predicted molar refractivity (Wildman–Crippen MR) is 157 cm³/mol. The van der Waals surface area contributed by atoms with Gasteiger partial charge in [0.25, 0.3) is 0 Å². The third-order valence-corrected chi connectivity index (χ3v) is 11.4. The lowest BCUT2D eigenvalue weighted by atomic mass is 9.46. The summed E-state index contributed by atoms with van der Waals surface area (Å²) in [5.74, 6) is 0.791. The van der Waals surface area contributed by atoms with E-state index in [9.17, 15) is 24.3 Å². The Morgan fingerprint density at radius 3 is 2.45 bits per heavy atom. The number of benzene rings is 1. The standard InChI is InChI=1S/C34H45NO7/c1-32-16-12-24(36)20-23(32)6-9-26-27(32)13-17-33(2)28(26)14-18-34(33,40)29(37)21-42-31(39)11-10-30(38)35-19-15-22-4-7-25(41-3)8-5-22/h4-5,7-8,20,26-28,40H,6,9-19,21H2,1-3H3,(H,35,38)/t26-,27+,28+,32-,33-,34-/m0/s1. The second-order valence-corrected chi connectivity index (χ2v) is 13.4. The maximum Gasteiger partial charge on any atom is 0.306 e. The maximum atomic E-state index is 13.4. The van der Waals surface area contributed by atoms with Gasteiger partial charge in [0.2, 0.25) is 11.7 Å². The van der Waals surface area contributed by atoms with Gasteiger partial charge in [0.1, 0.15) is 11.4 Å². The van der Waals surface area contributed by atoms with Gasteiger partial charge in [-0.1, -0.05) is 31.6 Å². The number of esters is 1. The van der Waals surface area contributed by atoms with Crippen molar-refractivity contribution >= 4 is 23.4 Å². The van der Waals surface area contributed by atoms with Crippen LogP contribution in [-0.4, -0.2) is 54.4 Å². The Morgan fingerprint density at radius 1 is 0.976 bits per heavy atom. The van der Waals surface area contributed by atoms with Crippen molar-refractivity contribution in [3.05, 3.63) is 41.5 Å². The van der Waals surface area contributed by atoms with Crippen molar-refractivity contribution in [2.24, 2.45) is 28.6 Å². The molecule has 228 valence electrons. The number of nitrogens with one attached hydrogen (secondary N) is 1. The number of methoxy groups -OCH3 is 1. The van der Waals surface area contributed by atoms with Crippen LogP contribution in [0.4, 0.5) is 0 Å². The fourth-order valence-corrected chi connectivity index (χ4v) is 8.81. The molecule has 2 N–H and O–H groups in total. The summed E-state index contributed by atoms with van der Waals surface area (Å²) in [5.41, 5.74) is 0.296. The van der Waals surface area contributed by atoms with Crippen LogP contribution in [0.2, 0.25) is 0 Å². The zero-order chi connectivity index (χ0) is 30.1. The molecule has 0 unspecified atom stereocenters. The van der Waals surface area contributed by atoms with Crippen molar-refractivity contribution in [3.8, 4) is 5.75 Å². The monoisotopic (exact) mass is 579 g/mol. The Labute approximate surface area is 248 Å². The minimum atomic E-state index is -1.53. The third kappa shape index (κ3) is 5.54. The molecule has 1 aromatic carbocycles. The molecule has 1 aromatic rings. The van der Waals surface area contributed by atoms with Gasteiger partial charge in [-0.15, -0.1) is 0 Å². The second kappa shape index (κ2) is 11.9. The molecule has 4 aliphatic carbocycles. The van der Waals surface area contributed by atoms with E-state index in [0.717, 1.165) is 49.8 Å². The number of fused-ring (bicyclic) bond motifs is 5. The summed E-state index contributed by atoms with van der Waals surface area (Å²) in [5, 5.41) is 14.6. The number of carbonyl (C=O) groups excluding carboxylic acids is 4. The quantitative estimate of drug-likeness (QED) is 0.392. The van der Waals surface area contributed by atoms with E-state index in [4.69, 9.17) is 9.47 Å². The Hall–Kier alpha value is -3.00. The first-order chi connectivity index (χ1) is 20.0. The summed E-state index contributed by atoms with van der Waals surface area (Å²) in [4.78, 5) is 50.1. The fraction of sp³-hybridized carbons (Fsp3) is 0.647. The molecular weight excluding hydrogens is 534 g/mol. The Morgan fingerprint density at radius 2 is 1.71 bits per heavy atom. The minimum absolute atomic E-state index is 0.0242. The van der Waals surface area contributed by atoms with Crippen LogP contribution in [0, 0.1) is 28.6 Å². The van der Waals surface area contributed by atoms with Crippen LogP contribution in [0.1, 0.15) is 83.6 Å². The number of allylic oxidation sites excluding steroid dienone is 1. The number of amides is 1. The topological polar surface area (TPSA) is 119 Å².